The van der Waals surface area contributed by atoms with Crippen LogP contribution in [0.4, 0.5) is 0 Å². The van der Waals surface area contributed by atoms with Crippen molar-refractivity contribution in [1.29, 1.82) is 0 Å². The molecule has 1 aliphatic heterocycles. The zero-order chi connectivity index (χ0) is 12.7. The summed E-state index contributed by atoms with van der Waals surface area (Å²) in [5.41, 5.74) is 1.06. The van der Waals surface area contributed by atoms with Crippen LogP contribution in [0.3, 0.4) is 0 Å². The molecule has 2 aromatic rings. The number of aliphatic hydroxyl groups is 1. The maximum Gasteiger partial charge on any atom is 0.147 e. The maximum atomic E-state index is 9.69. The van der Waals surface area contributed by atoms with Crippen LogP contribution in [0, 0.1) is 0 Å². The number of nitrogens with zero attached hydrogens (tertiary/aromatic N) is 2. The van der Waals surface area contributed by atoms with Crippen molar-refractivity contribution >= 4 is 11.0 Å². The second-order valence-electron chi connectivity index (χ2n) is 4.46. The van der Waals surface area contributed by atoms with E-state index in [-0.39, 0.29) is 30.4 Å². The van der Waals surface area contributed by atoms with Crippen LogP contribution in [0.5, 0.6) is 11.5 Å². The second kappa shape index (κ2) is 4.15. The number of benzene rings is 1. The van der Waals surface area contributed by atoms with Gasteiger partial charge in [-0.1, -0.05) is 0 Å². The lowest BCUT2D eigenvalue weighted by Crippen LogP contribution is -2.13. The number of phenols is 2. The first-order chi connectivity index (χ1) is 8.69. The topological polar surface area (TPSA) is 87.7 Å². The minimum absolute atomic E-state index is 0.000367. The molecular formula is C12H14N2O4. The predicted octanol–water partition coefficient (Wildman–Crippen LogP) is 1.12. The molecule has 1 aromatic heterocycles. The van der Waals surface area contributed by atoms with Gasteiger partial charge >= 0.3 is 0 Å². The highest BCUT2D eigenvalue weighted by Gasteiger charge is 2.27. The van der Waals surface area contributed by atoms with E-state index in [0.717, 1.165) is 12.8 Å². The second-order valence-corrected chi connectivity index (χ2v) is 4.46. The highest BCUT2D eigenvalue weighted by Crippen LogP contribution is 2.34. The molecule has 0 bridgehead atoms. The minimum atomic E-state index is -0.214. The first-order valence-electron chi connectivity index (χ1n) is 5.84. The van der Waals surface area contributed by atoms with Crippen molar-refractivity contribution in [2.75, 3.05) is 6.61 Å². The number of ether oxygens (including phenoxy) is 1. The van der Waals surface area contributed by atoms with Gasteiger partial charge in [-0.25, -0.2) is 4.98 Å². The largest absolute Gasteiger partial charge is 0.508 e. The Morgan fingerprint density at radius 3 is 2.89 bits per heavy atom. The summed E-state index contributed by atoms with van der Waals surface area (Å²) in [4.78, 5) is 4.11. The average molecular weight is 250 g/mol. The molecule has 3 N–H and O–H groups in total. The van der Waals surface area contributed by atoms with Crippen molar-refractivity contribution in [1.82, 2.24) is 9.55 Å². The molecule has 0 unspecified atom stereocenters. The molecule has 0 radical (unpaired) electrons. The molecule has 1 aromatic carbocycles. The van der Waals surface area contributed by atoms with Crippen LogP contribution in [0.1, 0.15) is 19.1 Å². The van der Waals surface area contributed by atoms with E-state index in [4.69, 9.17) is 9.84 Å². The van der Waals surface area contributed by atoms with E-state index < -0.39 is 0 Å². The zero-order valence-corrected chi connectivity index (χ0v) is 9.65. The Hall–Kier alpha value is -1.79. The van der Waals surface area contributed by atoms with E-state index in [9.17, 15) is 10.2 Å². The molecule has 1 aliphatic rings. The number of fused-ring (bicyclic) bond motifs is 1. The summed E-state index contributed by atoms with van der Waals surface area (Å²) in [6, 6.07) is 2.80. The predicted molar refractivity (Wildman–Crippen MR) is 63.3 cm³/mol. The van der Waals surface area contributed by atoms with Crippen molar-refractivity contribution in [3.8, 4) is 11.5 Å². The number of imidazole rings is 1. The van der Waals surface area contributed by atoms with Crippen LogP contribution in [0.2, 0.25) is 0 Å². The Morgan fingerprint density at radius 1 is 1.33 bits per heavy atom. The standard InChI is InChI=1S/C12H14N2O4/c15-5-8-1-2-11(18-8)14-6-13-12-9(14)3-7(16)4-10(12)17/h3-4,6,8,11,15-17H,1-2,5H2/t8-,11+/m0/s1. The number of hydrogen-bond donors (Lipinski definition) is 3. The molecule has 6 heteroatoms. The highest BCUT2D eigenvalue weighted by molar-refractivity contribution is 5.83. The van der Waals surface area contributed by atoms with Gasteiger partial charge in [0.2, 0.25) is 0 Å². The summed E-state index contributed by atoms with van der Waals surface area (Å²) in [7, 11) is 0. The minimum Gasteiger partial charge on any atom is -0.508 e. The van der Waals surface area contributed by atoms with Crippen LogP contribution in [-0.2, 0) is 4.74 Å². The number of rotatable bonds is 2. The number of aromatic nitrogens is 2. The lowest BCUT2D eigenvalue weighted by molar-refractivity contribution is -0.0204. The Kier molecular flexibility index (Phi) is 2.61. The molecule has 18 heavy (non-hydrogen) atoms. The van der Waals surface area contributed by atoms with Gasteiger partial charge in [0.25, 0.3) is 0 Å². The SMILES string of the molecule is OC[C@@H]1CC[C@H](n2cnc3c(O)cc(O)cc32)O1. The number of phenolic OH excluding ortho intramolecular Hbond substituents is 2. The first-order valence-corrected chi connectivity index (χ1v) is 5.84. The lowest BCUT2D eigenvalue weighted by atomic mass is 10.2. The molecule has 96 valence electrons. The van der Waals surface area contributed by atoms with E-state index in [1.54, 1.807) is 10.9 Å². The third kappa shape index (κ3) is 1.70. The Morgan fingerprint density at radius 2 is 2.17 bits per heavy atom. The molecule has 0 amide bonds. The van der Waals surface area contributed by atoms with E-state index in [1.807, 2.05) is 0 Å². The summed E-state index contributed by atoms with van der Waals surface area (Å²) < 4.78 is 7.42. The van der Waals surface area contributed by atoms with Gasteiger partial charge in [-0.3, -0.25) is 0 Å². The van der Waals surface area contributed by atoms with Crippen molar-refractivity contribution in [3.63, 3.8) is 0 Å². The molecule has 2 heterocycles. The van der Waals surface area contributed by atoms with Gasteiger partial charge in [0, 0.05) is 12.1 Å². The fourth-order valence-corrected chi connectivity index (χ4v) is 2.36. The Bertz CT molecular complexity index is 581. The summed E-state index contributed by atoms with van der Waals surface area (Å²) in [5, 5.41) is 28.3. The third-order valence-corrected chi connectivity index (χ3v) is 3.24. The molecule has 3 rings (SSSR count). The zero-order valence-electron chi connectivity index (χ0n) is 9.65. The third-order valence-electron chi connectivity index (χ3n) is 3.24. The van der Waals surface area contributed by atoms with Crippen LogP contribution in [0.25, 0.3) is 11.0 Å². The quantitative estimate of drug-likeness (QED) is 0.743. The van der Waals surface area contributed by atoms with Crippen molar-refractivity contribution in [2.45, 2.75) is 25.2 Å². The molecule has 0 spiro atoms. The van der Waals surface area contributed by atoms with Gasteiger partial charge in [0.1, 0.15) is 23.2 Å². The van der Waals surface area contributed by atoms with Gasteiger partial charge in [-0.05, 0) is 12.8 Å². The van der Waals surface area contributed by atoms with Crippen LogP contribution in [0.15, 0.2) is 18.5 Å². The Balaban J connectivity index is 2.03. The van der Waals surface area contributed by atoms with Crippen molar-refractivity contribution in [2.24, 2.45) is 0 Å². The number of aliphatic hydroxyl groups excluding tert-OH is 1. The monoisotopic (exact) mass is 250 g/mol. The van der Waals surface area contributed by atoms with Crippen molar-refractivity contribution in [3.05, 3.63) is 18.5 Å². The van der Waals surface area contributed by atoms with E-state index in [0.29, 0.717) is 11.0 Å². The Labute approximate surface area is 103 Å². The fraction of sp³-hybridized carbons (Fsp3) is 0.417. The van der Waals surface area contributed by atoms with Crippen LogP contribution < -0.4 is 0 Å². The van der Waals surface area contributed by atoms with Crippen LogP contribution >= 0.6 is 0 Å². The molecule has 1 fully saturated rings. The molecule has 1 saturated heterocycles. The van der Waals surface area contributed by atoms with E-state index in [2.05, 4.69) is 4.98 Å². The van der Waals surface area contributed by atoms with Gasteiger partial charge in [-0.15, -0.1) is 0 Å². The molecule has 6 nitrogen and oxygen atoms in total. The van der Waals surface area contributed by atoms with E-state index >= 15 is 0 Å². The summed E-state index contributed by atoms with van der Waals surface area (Å²) in [6.45, 7) is -0.000367. The van der Waals surface area contributed by atoms with Gasteiger partial charge < -0.3 is 24.6 Å². The number of hydrogen-bond acceptors (Lipinski definition) is 5. The van der Waals surface area contributed by atoms with E-state index in [1.165, 1.54) is 12.1 Å². The highest BCUT2D eigenvalue weighted by atomic mass is 16.5. The van der Waals surface area contributed by atoms with Gasteiger partial charge in [0.15, 0.2) is 0 Å². The lowest BCUT2D eigenvalue weighted by Gasteiger charge is -2.14. The molecule has 2 atom stereocenters. The van der Waals surface area contributed by atoms with Gasteiger partial charge in [-0.2, -0.15) is 0 Å². The summed E-state index contributed by atoms with van der Waals surface area (Å²) in [6.07, 6.45) is 2.76. The maximum absolute atomic E-state index is 9.69. The molecule has 0 aliphatic carbocycles. The van der Waals surface area contributed by atoms with Crippen molar-refractivity contribution < 1.29 is 20.1 Å². The smallest absolute Gasteiger partial charge is 0.147 e. The summed E-state index contributed by atoms with van der Waals surface area (Å²) >= 11 is 0. The first kappa shape index (κ1) is 11.3. The normalized spacial score (nSPS) is 23.8. The van der Waals surface area contributed by atoms with Crippen LogP contribution in [-0.4, -0.2) is 37.6 Å². The molecular weight excluding hydrogens is 236 g/mol. The van der Waals surface area contributed by atoms with Gasteiger partial charge in [0.05, 0.1) is 24.6 Å². The summed E-state index contributed by atoms with van der Waals surface area (Å²) in [5.74, 6) is -0.0705. The number of aromatic hydroxyl groups is 2. The average Bonchev–Trinajstić information content (AvgIpc) is 2.93. The fourth-order valence-electron chi connectivity index (χ4n) is 2.36. The molecule has 0 saturated carbocycles.